The van der Waals surface area contributed by atoms with E-state index >= 15 is 0 Å². The van der Waals surface area contributed by atoms with Crippen LogP contribution in [0.3, 0.4) is 0 Å². The molecule has 2 aromatic rings. The van der Waals surface area contributed by atoms with E-state index in [1.807, 2.05) is 30.1 Å². The standard InChI is InChI=1S/C16H22N4O/c1-19-14(6-8-18-19)7-13-21-16-5-3-2-4-15(16)20-11-9-17-10-12-20/h2-6,8,17H,7,9-13H2,1H3. The molecule has 1 aliphatic heterocycles. The van der Waals surface area contributed by atoms with Gasteiger partial charge >= 0.3 is 0 Å². The van der Waals surface area contributed by atoms with Crippen LogP contribution < -0.4 is 15.0 Å². The first-order chi connectivity index (χ1) is 10.3. The number of anilines is 1. The van der Waals surface area contributed by atoms with Gasteiger partial charge < -0.3 is 15.0 Å². The second-order valence-corrected chi connectivity index (χ2v) is 5.25. The summed E-state index contributed by atoms with van der Waals surface area (Å²) in [5.41, 5.74) is 2.39. The van der Waals surface area contributed by atoms with Gasteiger partial charge in [0.05, 0.1) is 12.3 Å². The lowest BCUT2D eigenvalue weighted by Gasteiger charge is -2.30. The Morgan fingerprint density at radius 2 is 2.00 bits per heavy atom. The van der Waals surface area contributed by atoms with E-state index in [0.29, 0.717) is 6.61 Å². The highest BCUT2D eigenvalue weighted by molar-refractivity contribution is 5.58. The third-order valence-corrected chi connectivity index (χ3v) is 3.86. The van der Waals surface area contributed by atoms with Gasteiger partial charge in [-0.3, -0.25) is 4.68 Å². The number of nitrogens with zero attached hydrogens (tertiary/aromatic N) is 3. The van der Waals surface area contributed by atoms with Crippen molar-refractivity contribution in [2.24, 2.45) is 7.05 Å². The Kier molecular flexibility index (Phi) is 4.40. The topological polar surface area (TPSA) is 42.3 Å². The molecule has 0 bridgehead atoms. The number of para-hydroxylation sites is 2. The molecule has 1 saturated heterocycles. The average Bonchev–Trinajstić information content (AvgIpc) is 2.94. The Bertz CT molecular complexity index is 575. The van der Waals surface area contributed by atoms with Gasteiger partial charge in [-0.05, 0) is 18.2 Å². The molecule has 1 N–H and O–H groups in total. The lowest BCUT2D eigenvalue weighted by molar-refractivity contribution is 0.318. The summed E-state index contributed by atoms with van der Waals surface area (Å²) in [5, 5.41) is 7.56. The minimum Gasteiger partial charge on any atom is -0.491 e. The molecular weight excluding hydrogens is 264 g/mol. The van der Waals surface area contributed by atoms with Gasteiger partial charge in [0.15, 0.2) is 0 Å². The normalized spacial score (nSPS) is 15.2. The highest BCUT2D eigenvalue weighted by Gasteiger charge is 2.14. The molecule has 2 heterocycles. The summed E-state index contributed by atoms with van der Waals surface area (Å²) in [7, 11) is 1.96. The number of nitrogens with one attached hydrogen (secondary N) is 1. The number of rotatable bonds is 5. The van der Waals surface area contributed by atoms with Crippen LogP contribution in [0.5, 0.6) is 5.75 Å². The molecule has 5 heteroatoms. The second-order valence-electron chi connectivity index (χ2n) is 5.25. The second kappa shape index (κ2) is 6.63. The first-order valence-electron chi connectivity index (χ1n) is 7.49. The van der Waals surface area contributed by atoms with Crippen LogP contribution in [0.4, 0.5) is 5.69 Å². The van der Waals surface area contributed by atoms with Crippen molar-refractivity contribution >= 4 is 5.69 Å². The Balaban J connectivity index is 1.63. The monoisotopic (exact) mass is 286 g/mol. The molecule has 1 fully saturated rings. The van der Waals surface area contributed by atoms with E-state index in [0.717, 1.165) is 38.3 Å². The molecule has 1 aliphatic rings. The summed E-state index contributed by atoms with van der Waals surface area (Å²) >= 11 is 0. The largest absolute Gasteiger partial charge is 0.491 e. The van der Waals surface area contributed by atoms with Crippen molar-refractivity contribution in [3.8, 4) is 5.75 Å². The Morgan fingerprint density at radius 1 is 1.19 bits per heavy atom. The van der Waals surface area contributed by atoms with Crippen LogP contribution in [0, 0.1) is 0 Å². The first kappa shape index (κ1) is 13.9. The van der Waals surface area contributed by atoms with Crippen LogP contribution in [0.15, 0.2) is 36.5 Å². The van der Waals surface area contributed by atoms with E-state index in [4.69, 9.17) is 4.74 Å². The van der Waals surface area contributed by atoms with Crippen molar-refractivity contribution in [2.45, 2.75) is 6.42 Å². The average molecular weight is 286 g/mol. The van der Waals surface area contributed by atoms with Crippen LogP contribution in [0.2, 0.25) is 0 Å². The SMILES string of the molecule is Cn1nccc1CCOc1ccccc1N1CCNCC1. The van der Waals surface area contributed by atoms with Gasteiger partial charge in [-0.15, -0.1) is 0 Å². The van der Waals surface area contributed by atoms with Crippen LogP contribution in [-0.2, 0) is 13.5 Å². The number of aromatic nitrogens is 2. The molecule has 1 aromatic heterocycles. The molecule has 3 rings (SSSR count). The summed E-state index contributed by atoms with van der Waals surface area (Å²) in [6.45, 7) is 4.79. The fourth-order valence-electron chi connectivity index (χ4n) is 2.66. The molecule has 1 aromatic carbocycles. The summed E-state index contributed by atoms with van der Waals surface area (Å²) in [6, 6.07) is 10.3. The predicted octanol–water partition coefficient (Wildman–Crippen LogP) is 1.45. The highest BCUT2D eigenvalue weighted by Crippen LogP contribution is 2.28. The van der Waals surface area contributed by atoms with Gasteiger partial charge in [0, 0.05) is 51.5 Å². The quantitative estimate of drug-likeness (QED) is 0.903. The third-order valence-electron chi connectivity index (χ3n) is 3.86. The number of benzene rings is 1. The zero-order valence-electron chi connectivity index (χ0n) is 12.5. The van der Waals surface area contributed by atoms with Crippen molar-refractivity contribution in [3.63, 3.8) is 0 Å². The summed E-state index contributed by atoms with van der Waals surface area (Å²) < 4.78 is 7.91. The van der Waals surface area contributed by atoms with Gasteiger partial charge in [-0.1, -0.05) is 12.1 Å². The van der Waals surface area contributed by atoms with Crippen LogP contribution in [-0.4, -0.2) is 42.6 Å². The lowest BCUT2D eigenvalue weighted by atomic mass is 10.2. The van der Waals surface area contributed by atoms with E-state index in [1.54, 1.807) is 0 Å². The number of piperazine rings is 1. The van der Waals surface area contributed by atoms with Crippen molar-refractivity contribution in [2.75, 3.05) is 37.7 Å². The highest BCUT2D eigenvalue weighted by atomic mass is 16.5. The number of ether oxygens (including phenoxy) is 1. The molecule has 0 radical (unpaired) electrons. The summed E-state index contributed by atoms with van der Waals surface area (Å²) in [6.07, 6.45) is 2.69. The van der Waals surface area contributed by atoms with E-state index < -0.39 is 0 Å². The van der Waals surface area contributed by atoms with Gasteiger partial charge in [0.25, 0.3) is 0 Å². The minimum absolute atomic E-state index is 0.669. The van der Waals surface area contributed by atoms with Gasteiger partial charge in [0.2, 0.25) is 0 Å². The molecule has 21 heavy (non-hydrogen) atoms. The lowest BCUT2D eigenvalue weighted by Crippen LogP contribution is -2.43. The molecule has 0 unspecified atom stereocenters. The fraction of sp³-hybridized carbons (Fsp3) is 0.438. The van der Waals surface area contributed by atoms with Crippen molar-refractivity contribution in [1.29, 1.82) is 0 Å². The number of hydrogen-bond acceptors (Lipinski definition) is 4. The van der Waals surface area contributed by atoms with Crippen molar-refractivity contribution in [3.05, 3.63) is 42.2 Å². The molecular formula is C16H22N4O. The van der Waals surface area contributed by atoms with Crippen molar-refractivity contribution in [1.82, 2.24) is 15.1 Å². The minimum atomic E-state index is 0.669. The maximum absolute atomic E-state index is 6.02. The van der Waals surface area contributed by atoms with Crippen LogP contribution >= 0.6 is 0 Å². The molecule has 5 nitrogen and oxygen atoms in total. The zero-order valence-corrected chi connectivity index (χ0v) is 12.5. The van der Waals surface area contributed by atoms with Crippen molar-refractivity contribution < 1.29 is 4.74 Å². The summed E-state index contributed by atoms with van der Waals surface area (Å²) in [5.74, 6) is 0.974. The van der Waals surface area contributed by atoms with E-state index in [9.17, 15) is 0 Å². The molecule has 0 atom stereocenters. The Labute approximate surface area is 125 Å². The maximum atomic E-state index is 6.02. The third kappa shape index (κ3) is 3.36. The molecule has 112 valence electrons. The fourth-order valence-corrected chi connectivity index (χ4v) is 2.66. The molecule has 0 saturated carbocycles. The summed E-state index contributed by atoms with van der Waals surface area (Å²) in [4.78, 5) is 2.38. The smallest absolute Gasteiger partial charge is 0.142 e. The van der Waals surface area contributed by atoms with Gasteiger partial charge in [0.1, 0.15) is 5.75 Å². The van der Waals surface area contributed by atoms with Gasteiger partial charge in [-0.25, -0.2) is 0 Å². The van der Waals surface area contributed by atoms with Crippen LogP contribution in [0.25, 0.3) is 0 Å². The maximum Gasteiger partial charge on any atom is 0.142 e. The predicted molar refractivity (Wildman–Crippen MR) is 83.9 cm³/mol. The molecule has 0 amide bonds. The Hall–Kier alpha value is -2.01. The first-order valence-corrected chi connectivity index (χ1v) is 7.49. The van der Waals surface area contributed by atoms with Crippen LogP contribution in [0.1, 0.15) is 5.69 Å². The van der Waals surface area contributed by atoms with E-state index in [-0.39, 0.29) is 0 Å². The zero-order chi connectivity index (χ0) is 14.5. The number of hydrogen-bond donors (Lipinski definition) is 1. The van der Waals surface area contributed by atoms with E-state index in [1.165, 1.54) is 11.4 Å². The molecule has 0 aliphatic carbocycles. The number of aryl methyl sites for hydroxylation is 1. The molecule has 0 spiro atoms. The van der Waals surface area contributed by atoms with Gasteiger partial charge in [-0.2, -0.15) is 5.10 Å². The van der Waals surface area contributed by atoms with E-state index in [2.05, 4.69) is 33.5 Å². The Morgan fingerprint density at radius 3 is 2.76 bits per heavy atom.